The fourth-order valence-corrected chi connectivity index (χ4v) is 4.31. The third-order valence-corrected chi connectivity index (χ3v) is 6.00. The summed E-state index contributed by atoms with van der Waals surface area (Å²) in [5.74, 6) is 0.109. The van der Waals surface area contributed by atoms with Gasteiger partial charge in [-0.15, -0.1) is 11.3 Å². The van der Waals surface area contributed by atoms with Crippen molar-refractivity contribution in [2.45, 2.75) is 19.4 Å². The Morgan fingerprint density at radius 1 is 1.33 bits per heavy atom. The second-order valence-corrected chi connectivity index (χ2v) is 7.96. The van der Waals surface area contributed by atoms with Crippen LogP contribution in [0.1, 0.15) is 32.5 Å². The van der Waals surface area contributed by atoms with E-state index in [9.17, 15) is 14.0 Å². The zero-order valence-corrected chi connectivity index (χ0v) is 17.2. The number of Topliss-reactive ketones (excluding diaryl/α,β-unsaturated/α-hetero) is 1. The predicted octanol–water partition coefficient (Wildman–Crippen LogP) is 3.89. The average Bonchev–Trinajstić information content (AvgIpc) is 3.38. The molecule has 0 aliphatic carbocycles. The van der Waals surface area contributed by atoms with Gasteiger partial charge in [0, 0.05) is 28.6 Å². The molecule has 8 heteroatoms. The van der Waals surface area contributed by atoms with Crippen molar-refractivity contribution in [2.75, 3.05) is 13.7 Å². The maximum atomic E-state index is 14.2. The number of amides is 1. The Bertz CT molecular complexity index is 1130. The molecule has 3 aromatic rings. The van der Waals surface area contributed by atoms with Crippen LogP contribution in [0.25, 0.3) is 10.4 Å². The zero-order valence-electron chi connectivity index (χ0n) is 16.4. The molecule has 4 rings (SSSR count). The third-order valence-electron chi connectivity index (χ3n) is 4.78. The highest BCUT2D eigenvalue weighted by Gasteiger charge is 2.28. The highest BCUT2D eigenvalue weighted by atomic mass is 32.1. The Labute approximate surface area is 176 Å². The van der Waals surface area contributed by atoms with Crippen LogP contribution in [0.3, 0.4) is 0 Å². The third kappa shape index (κ3) is 3.91. The Balaban J connectivity index is 1.50. The summed E-state index contributed by atoms with van der Waals surface area (Å²) in [6.45, 7) is 1.74. The Morgan fingerprint density at radius 3 is 2.90 bits per heavy atom. The van der Waals surface area contributed by atoms with Gasteiger partial charge < -0.3 is 14.8 Å². The van der Waals surface area contributed by atoms with Crippen LogP contribution in [0.4, 0.5) is 4.39 Å². The van der Waals surface area contributed by atoms with Gasteiger partial charge in [-0.25, -0.2) is 9.37 Å². The Hall–Kier alpha value is -3.26. The Morgan fingerprint density at radius 2 is 2.17 bits per heavy atom. The summed E-state index contributed by atoms with van der Waals surface area (Å²) in [7, 11) is 1.45. The van der Waals surface area contributed by atoms with Crippen LogP contribution < -0.4 is 14.8 Å². The van der Waals surface area contributed by atoms with Gasteiger partial charge in [-0.1, -0.05) is 0 Å². The van der Waals surface area contributed by atoms with E-state index >= 15 is 0 Å². The average molecular weight is 426 g/mol. The molecular formula is C22H19FN2O4S. The number of hydrogen-bond donors (Lipinski definition) is 1. The van der Waals surface area contributed by atoms with Gasteiger partial charge in [0.1, 0.15) is 23.2 Å². The minimum atomic E-state index is -0.366. The number of carbonyl (C=O) groups excluding carboxylic acids is 2. The first-order valence-electron chi connectivity index (χ1n) is 9.33. The van der Waals surface area contributed by atoms with E-state index in [0.29, 0.717) is 28.2 Å². The SMILES string of the molecule is COc1ncccc1C(=O)NCC1Cc2cc(F)cc(-c3ccc(C(C)=O)s3)c2O1. The van der Waals surface area contributed by atoms with E-state index in [4.69, 9.17) is 9.47 Å². The number of fused-ring (bicyclic) bond motifs is 1. The van der Waals surface area contributed by atoms with Crippen LogP contribution >= 0.6 is 11.3 Å². The number of aromatic nitrogens is 1. The number of nitrogens with zero attached hydrogens (tertiary/aromatic N) is 1. The molecule has 1 aromatic carbocycles. The molecule has 0 fully saturated rings. The van der Waals surface area contributed by atoms with Crippen LogP contribution in [-0.2, 0) is 6.42 Å². The lowest BCUT2D eigenvalue weighted by atomic mass is 10.0. The predicted molar refractivity (Wildman–Crippen MR) is 111 cm³/mol. The number of hydrogen-bond acceptors (Lipinski definition) is 6. The maximum absolute atomic E-state index is 14.2. The first-order chi connectivity index (χ1) is 14.5. The molecule has 30 heavy (non-hydrogen) atoms. The van der Waals surface area contributed by atoms with E-state index in [-0.39, 0.29) is 36.0 Å². The summed E-state index contributed by atoms with van der Waals surface area (Å²) >= 11 is 1.30. The van der Waals surface area contributed by atoms with E-state index < -0.39 is 0 Å². The number of nitrogens with one attached hydrogen (secondary N) is 1. The van der Waals surface area contributed by atoms with Gasteiger partial charge in [-0.05, 0) is 43.3 Å². The second kappa shape index (κ2) is 8.23. The van der Waals surface area contributed by atoms with Crippen LogP contribution in [0.15, 0.2) is 42.6 Å². The molecule has 3 heterocycles. The summed E-state index contributed by atoms with van der Waals surface area (Å²) in [5.41, 5.74) is 1.68. The van der Waals surface area contributed by atoms with E-state index in [1.54, 1.807) is 30.5 Å². The van der Waals surface area contributed by atoms with E-state index in [1.807, 2.05) is 0 Å². The Kier molecular flexibility index (Phi) is 5.50. The molecule has 0 bridgehead atoms. The van der Waals surface area contributed by atoms with Crippen LogP contribution in [-0.4, -0.2) is 36.4 Å². The van der Waals surface area contributed by atoms with Crippen LogP contribution in [0.2, 0.25) is 0 Å². The topological polar surface area (TPSA) is 77.5 Å². The van der Waals surface area contributed by atoms with Gasteiger partial charge >= 0.3 is 0 Å². The number of ether oxygens (including phenoxy) is 2. The van der Waals surface area contributed by atoms with Gasteiger partial charge in [0.2, 0.25) is 5.88 Å². The monoisotopic (exact) mass is 426 g/mol. The van der Waals surface area contributed by atoms with Gasteiger partial charge in [-0.3, -0.25) is 9.59 Å². The second-order valence-electron chi connectivity index (χ2n) is 6.88. The van der Waals surface area contributed by atoms with Crippen molar-refractivity contribution in [3.8, 4) is 22.1 Å². The highest BCUT2D eigenvalue weighted by molar-refractivity contribution is 7.17. The van der Waals surface area contributed by atoms with Crippen molar-refractivity contribution in [3.05, 3.63) is 64.4 Å². The minimum Gasteiger partial charge on any atom is -0.487 e. The molecule has 1 aliphatic heterocycles. The fourth-order valence-electron chi connectivity index (χ4n) is 3.39. The summed E-state index contributed by atoms with van der Waals surface area (Å²) in [6, 6.07) is 9.67. The maximum Gasteiger partial charge on any atom is 0.256 e. The van der Waals surface area contributed by atoms with Gasteiger partial charge in [0.05, 0.1) is 18.5 Å². The lowest BCUT2D eigenvalue weighted by molar-refractivity contribution is 0.0929. The van der Waals surface area contributed by atoms with Crippen molar-refractivity contribution in [1.82, 2.24) is 10.3 Å². The summed E-state index contributed by atoms with van der Waals surface area (Å²) in [4.78, 5) is 29.5. The van der Waals surface area contributed by atoms with E-state index in [2.05, 4.69) is 10.3 Å². The van der Waals surface area contributed by atoms with E-state index in [1.165, 1.54) is 37.5 Å². The summed E-state index contributed by atoms with van der Waals surface area (Å²) in [5, 5.41) is 2.82. The van der Waals surface area contributed by atoms with Crippen molar-refractivity contribution in [2.24, 2.45) is 0 Å². The van der Waals surface area contributed by atoms with Crippen LogP contribution in [0.5, 0.6) is 11.6 Å². The molecule has 1 aliphatic rings. The number of rotatable bonds is 6. The normalized spacial score (nSPS) is 14.7. The largest absolute Gasteiger partial charge is 0.487 e. The quantitative estimate of drug-likeness (QED) is 0.605. The first-order valence-corrected chi connectivity index (χ1v) is 10.2. The molecule has 1 atom stereocenters. The van der Waals surface area contributed by atoms with Gasteiger partial charge in [0.15, 0.2) is 5.78 Å². The van der Waals surface area contributed by atoms with Crippen molar-refractivity contribution < 1.29 is 23.5 Å². The number of thiophene rings is 1. The zero-order chi connectivity index (χ0) is 21.3. The van der Waals surface area contributed by atoms with Gasteiger partial charge in [0.25, 0.3) is 5.91 Å². The molecule has 0 saturated heterocycles. The smallest absolute Gasteiger partial charge is 0.256 e. The van der Waals surface area contributed by atoms with Crippen LogP contribution in [0, 0.1) is 5.82 Å². The molecule has 154 valence electrons. The molecule has 2 aromatic heterocycles. The molecular weight excluding hydrogens is 407 g/mol. The molecule has 6 nitrogen and oxygen atoms in total. The number of carbonyl (C=O) groups is 2. The molecule has 0 spiro atoms. The van der Waals surface area contributed by atoms with Crippen molar-refractivity contribution in [1.29, 1.82) is 0 Å². The molecule has 1 amide bonds. The summed E-state index contributed by atoms with van der Waals surface area (Å²) in [6.07, 6.45) is 1.68. The minimum absolute atomic E-state index is 0.0355. The standard InChI is InChI=1S/C22H19FN2O4S/c1-12(26)18-5-6-19(30-18)17-10-14(23)8-13-9-15(29-20(13)17)11-25-21(27)16-4-3-7-24-22(16)28-2/h3-8,10,15H,9,11H2,1-2H3,(H,25,27). The summed E-state index contributed by atoms with van der Waals surface area (Å²) < 4.78 is 25.4. The van der Waals surface area contributed by atoms with Gasteiger partial charge in [-0.2, -0.15) is 0 Å². The number of halogens is 1. The number of methoxy groups -OCH3 is 1. The fraction of sp³-hybridized carbons (Fsp3) is 0.227. The number of pyridine rings is 1. The van der Waals surface area contributed by atoms with E-state index in [0.717, 1.165) is 10.4 Å². The molecule has 0 radical (unpaired) electrons. The molecule has 0 saturated carbocycles. The highest BCUT2D eigenvalue weighted by Crippen LogP contribution is 2.42. The van der Waals surface area contributed by atoms with Crippen molar-refractivity contribution in [3.63, 3.8) is 0 Å². The van der Waals surface area contributed by atoms with Crippen molar-refractivity contribution >= 4 is 23.0 Å². The number of benzene rings is 1. The molecule has 1 N–H and O–H groups in total. The lowest BCUT2D eigenvalue weighted by Gasteiger charge is -2.14. The lowest BCUT2D eigenvalue weighted by Crippen LogP contribution is -2.34. The first kappa shape index (κ1) is 20.0. The molecule has 1 unspecified atom stereocenters. The number of ketones is 1.